The first kappa shape index (κ1) is 16.3. The van der Waals surface area contributed by atoms with Gasteiger partial charge in [-0.1, -0.05) is 91.0 Å². The smallest absolute Gasteiger partial charge is 0.307 e. The third-order valence-corrected chi connectivity index (χ3v) is 4.91. The Morgan fingerprint density at radius 3 is 1.96 bits per heavy atom. The quantitative estimate of drug-likeness (QED) is 0.518. The standard InChI is InChI=1S/C23H18O3/c24-21-16-20(17-10-4-1-5-11-17)23(26-21,19-14-8-3-9-15-19)22(25)18-12-6-2-7-13-18/h1-15,20H,16H2/t20-,23+/m1/s1. The highest BCUT2D eigenvalue weighted by atomic mass is 16.6. The van der Waals surface area contributed by atoms with Gasteiger partial charge in [-0.05, 0) is 5.56 Å². The van der Waals surface area contributed by atoms with Gasteiger partial charge in [0.25, 0.3) is 0 Å². The Labute approximate surface area is 152 Å². The van der Waals surface area contributed by atoms with Gasteiger partial charge in [0.15, 0.2) is 0 Å². The molecule has 128 valence electrons. The highest BCUT2D eigenvalue weighted by molar-refractivity contribution is 6.06. The van der Waals surface area contributed by atoms with Crippen LogP contribution in [0.25, 0.3) is 0 Å². The van der Waals surface area contributed by atoms with Crippen LogP contribution in [-0.4, -0.2) is 11.8 Å². The van der Waals surface area contributed by atoms with E-state index in [0.717, 1.165) is 5.56 Å². The number of Topliss-reactive ketones (excluding diaryl/α,β-unsaturated/α-hetero) is 1. The van der Waals surface area contributed by atoms with Gasteiger partial charge in [-0.25, -0.2) is 0 Å². The van der Waals surface area contributed by atoms with Crippen molar-refractivity contribution in [1.29, 1.82) is 0 Å². The molecule has 0 saturated carbocycles. The number of benzene rings is 3. The summed E-state index contributed by atoms with van der Waals surface area (Å²) >= 11 is 0. The fraction of sp³-hybridized carbons (Fsp3) is 0.130. The molecule has 26 heavy (non-hydrogen) atoms. The minimum Gasteiger partial charge on any atom is -0.445 e. The van der Waals surface area contributed by atoms with Crippen LogP contribution in [0, 0.1) is 0 Å². The number of cyclic esters (lactones) is 1. The number of carbonyl (C=O) groups is 2. The monoisotopic (exact) mass is 342 g/mol. The van der Waals surface area contributed by atoms with Gasteiger partial charge >= 0.3 is 5.97 Å². The van der Waals surface area contributed by atoms with E-state index in [1.807, 2.05) is 78.9 Å². The zero-order chi connectivity index (χ0) is 18.0. The number of hydrogen-bond acceptors (Lipinski definition) is 3. The van der Waals surface area contributed by atoms with Crippen molar-refractivity contribution in [2.75, 3.05) is 0 Å². The van der Waals surface area contributed by atoms with Crippen LogP contribution in [0.1, 0.15) is 33.8 Å². The van der Waals surface area contributed by atoms with E-state index in [-0.39, 0.29) is 24.1 Å². The molecule has 0 amide bonds. The van der Waals surface area contributed by atoms with Crippen molar-refractivity contribution in [2.45, 2.75) is 17.9 Å². The molecule has 3 aromatic carbocycles. The minimum absolute atomic E-state index is 0.178. The Morgan fingerprint density at radius 1 is 0.808 bits per heavy atom. The molecule has 1 heterocycles. The van der Waals surface area contributed by atoms with Gasteiger partial charge in [0.05, 0.1) is 6.42 Å². The molecule has 0 N–H and O–H groups in total. The van der Waals surface area contributed by atoms with Crippen LogP contribution < -0.4 is 0 Å². The van der Waals surface area contributed by atoms with E-state index in [1.165, 1.54) is 0 Å². The molecular weight excluding hydrogens is 324 g/mol. The topological polar surface area (TPSA) is 43.4 Å². The molecule has 2 atom stereocenters. The zero-order valence-electron chi connectivity index (χ0n) is 14.2. The van der Waals surface area contributed by atoms with Crippen molar-refractivity contribution in [3.63, 3.8) is 0 Å². The van der Waals surface area contributed by atoms with Crippen LogP contribution in [0.15, 0.2) is 91.0 Å². The van der Waals surface area contributed by atoms with E-state index >= 15 is 0 Å². The molecule has 0 aliphatic carbocycles. The Bertz CT molecular complexity index is 919. The summed E-state index contributed by atoms with van der Waals surface area (Å²) in [4.78, 5) is 26.0. The molecule has 0 bridgehead atoms. The van der Waals surface area contributed by atoms with Crippen molar-refractivity contribution < 1.29 is 14.3 Å². The molecule has 1 saturated heterocycles. The summed E-state index contributed by atoms with van der Waals surface area (Å²) in [5.41, 5.74) is 0.813. The summed E-state index contributed by atoms with van der Waals surface area (Å²) in [6, 6.07) is 28.0. The van der Waals surface area contributed by atoms with Gasteiger partial charge in [-0.2, -0.15) is 0 Å². The van der Waals surface area contributed by atoms with Crippen molar-refractivity contribution in [2.24, 2.45) is 0 Å². The highest BCUT2D eigenvalue weighted by Gasteiger charge is 2.56. The maximum Gasteiger partial charge on any atom is 0.307 e. The first-order valence-corrected chi connectivity index (χ1v) is 8.64. The lowest BCUT2D eigenvalue weighted by Gasteiger charge is -2.33. The second-order valence-electron chi connectivity index (χ2n) is 6.44. The van der Waals surface area contributed by atoms with Gasteiger partial charge in [0, 0.05) is 17.0 Å². The van der Waals surface area contributed by atoms with E-state index in [2.05, 4.69) is 0 Å². The van der Waals surface area contributed by atoms with Crippen molar-refractivity contribution >= 4 is 11.8 Å². The predicted octanol–water partition coefficient (Wildman–Crippen LogP) is 4.50. The lowest BCUT2D eigenvalue weighted by atomic mass is 9.73. The minimum atomic E-state index is -1.35. The Balaban J connectivity index is 1.93. The molecule has 3 aromatic rings. The molecule has 3 nitrogen and oxygen atoms in total. The Morgan fingerprint density at radius 2 is 1.35 bits per heavy atom. The van der Waals surface area contributed by atoms with Crippen LogP contribution >= 0.6 is 0 Å². The lowest BCUT2D eigenvalue weighted by Crippen LogP contribution is -2.40. The van der Waals surface area contributed by atoms with Gasteiger partial charge in [0.1, 0.15) is 0 Å². The number of hydrogen-bond donors (Lipinski definition) is 0. The first-order chi connectivity index (χ1) is 12.7. The van der Waals surface area contributed by atoms with Crippen LogP contribution in [0.3, 0.4) is 0 Å². The number of rotatable bonds is 4. The van der Waals surface area contributed by atoms with Crippen molar-refractivity contribution in [1.82, 2.24) is 0 Å². The first-order valence-electron chi connectivity index (χ1n) is 8.64. The molecule has 4 rings (SSSR count). The second kappa shape index (κ2) is 6.60. The summed E-state index contributed by atoms with van der Waals surface area (Å²) in [5.74, 6) is -0.915. The number of carbonyl (C=O) groups excluding carboxylic acids is 2. The van der Waals surface area contributed by atoms with Gasteiger partial charge in [0.2, 0.25) is 11.4 Å². The molecular formula is C23H18O3. The number of ketones is 1. The average molecular weight is 342 g/mol. The molecule has 1 aliphatic rings. The van der Waals surface area contributed by atoms with Crippen molar-refractivity contribution in [3.05, 3.63) is 108 Å². The molecule has 0 aromatic heterocycles. The van der Waals surface area contributed by atoms with Gasteiger partial charge in [-0.15, -0.1) is 0 Å². The molecule has 1 fully saturated rings. The molecule has 3 heteroatoms. The number of ether oxygens (including phenoxy) is 1. The van der Waals surface area contributed by atoms with Crippen LogP contribution in [0.4, 0.5) is 0 Å². The third-order valence-electron chi connectivity index (χ3n) is 4.91. The van der Waals surface area contributed by atoms with Crippen LogP contribution in [-0.2, 0) is 15.1 Å². The largest absolute Gasteiger partial charge is 0.445 e. The second-order valence-corrected chi connectivity index (χ2v) is 6.44. The van der Waals surface area contributed by atoms with E-state index in [1.54, 1.807) is 12.1 Å². The fourth-order valence-electron chi connectivity index (χ4n) is 3.73. The van der Waals surface area contributed by atoms with E-state index in [9.17, 15) is 9.59 Å². The van der Waals surface area contributed by atoms with E-state index in [0.29, 0.717) is 11.1 Å². The Kier molecular flexibility index (Phi) is 4.13. The average Bonchev–Trinajstić information content (AvgIpc) is 3.08. The molecule has 0 radical (unpaired) electrons. The summed E-state index contributed by atoms with van der Waals surface area (Å²) < 4.78 is 5.83. The molecule has 1 aliphatic heterocycles. The Hall–Kier alpha value is -3.20. The fourth-order valence-corrected chi connectivity index (χ4v) is 3.73. The summed E-state index contributed by atoms with van der Waals surface area (Å²) in [7, 11) is 0. The van der Waals surface area contributed by atoms with E-state index < -0.39 is 5.60 Å². The van der Waals surface area contributed by atoms with Crippen LogP contribution in [0.5, 0.6) is 0 Å². The van der Waals surface area contributed by atoms with Gasteiger partial charge < -0.3 is 4.74 Å². The molecule has 0 unspecified atom stereocenters. The maximum absolute atomic E-state index is 13.6. The van der Waals surface area contributed by atoms with Gasteiger partial charge in [-0.3, -0.25) is 9.59 Å². The lowest BCUT2D eigenvalue weighted by molar-refractivity contribution is -0.146. The van der Waals surface area contributed by atoms with Crippen LogP contribution in [0.2, 0.25) is 0 Å². The summed E-state index contributed by atoms with van der Waals surface area (Å²) in [6.45, 7) is 0. The SMILES string of the molecule is O=C1C[C@H](c2ccccc2)[C@](C(=O)c2ccccc2)(c2ccccc2)O1. The third kappa shape index (κ3) is 2.62. The summed E-state index contributed by atoms with van der Waals surface area (Å²) in [5, 5.41) is 0. The molecule has 0 spiro atoms. The normalized spacial score (nSPS) is 22.0. The zero-order valence-corrected chi connectivity index (χ0v) is 14.2. The number of esters is 1. The highest BCUT2D eigenvalue weighted by Crippen LogP contribution is 2.49. The van der Waals surface area contributed by atoms with E-state index in [4.69, 9.17) is 4.74 Å². The van der Waals surface area contributed by atoms with Crippen molar-refractivity contribution in [3.8, 4) is 0 Å². The summed E-state index contributed by atoms with van der Waals surface area (Å²) in [6.07, 6.45) is 0.178. The predicted molar refractivity (Wildman–Crippen MR) is 98.8 cm³/mol. The maximum atomic E-state index is 13.6.